The van der Waals surface area contributed by atoms with E-state index in [2.05, 4.69) is 7.74 Å². The van der Waals surface area contributed by atoms with Crippen LogP contribution in [-0.4, -0.2) is 74.5 Å². The Labute approximate surface area is 105 Å². The van der Waals surface area contributed by atoms with E-state index in [1.165, 1.54) is 0 Å². The highest BCUT2D eigenvalue weighted by Gasteiger charge is 2.32. The summed E-state index contributed by atoms with van der Waals surface area (Å²) in [7, 11) is 3.11. The third kappa shape index (κ3) is 6.43. The van der Waals surface area contributed by atoms with E-state index in [9.17, 15) is 5.11 Å². The highest BCUT2D eigenvalue weighted by Crippen LogP contribution is 2.19. The predicted octanol–water partition coefficient (Wildman–Crippen LogP) is -2.08. The fourth-order valence-electron chi connectivity index (χ4n) is 1.38. The van der Waals surface area contributed by atoms with Gasteiger partial charge in [-0.25, -0.2) is 0 Å². The molecule has 100 valence electrons. The lowest BCUT2D eigenvalue weighted by atomic mass is 9.54. The molecule has 5 nitrogen and oxygen atoms in total. The van der Waals surface area contributed by atoms with Gasteiger partial charge in [0.25, 0.3) is 0 Å². The minimum Gasteiger partial charge on any atom is -0.394 e. The second-order valence-electron chi connectivity index (χ2n) is 4.60. The first-order valence-electron chi connectivity index (χ1n) is 6.13. The molecule has 1 atom stereocenters. The zero-order chi connectivity index (χ0) is 13.3. The third-order valence-electron chi connectivity index (χ3n) is 2.68. The van der Waals surface area contributed by atoms with Crippen LogP contribution in [0.25, 0.3) is 0 Å². The maximum Gasteiger partial charge on any atom is 0.109 e. The van der Waals surface area contributed by atoms with Crippen LogP contribution < -0.4 is 0 Å². The van der Waals surface area contributed by atoms with E-state index < -0.39 is 17.8 Å². The summed E-state index contributed by atoms with van der Waals surface area (Å²) in [6.07, 6.45) is -0.296. The fourth-order valence-corrected chi connectivity index (χ4v) is 1.38. The van der Waals surface area contributed by atoms with Gasteiger partial charge in [-0.2, -0.15) is 0 Å². The van der Waals surface area contributed by atoms with Crippen molar-refractivity contribution in [2.75, 3.05) is 26.4 Å². The summed E-state index contributed by atoms with van der Waals surface area (Å²) in [6, 6.07) is 0. The summed E-state index contributed by atoms with van der Waals surface area (Å²) < 4.78 is 11.1. The molecule has 0 saturated carbocycles. The Bertz CT molecular complexity index is 188. The summed E-state index contributed by atoms with van der Waals surface area (Å²) in [6.45, 7) is 3.49. The molecule has 0 saturated heterocycles. The van der Waals surface area contributed by atoms with Crippen LogP contribution in [0.5, 0.6) is 0 Å². The Balaban J connectivity index is 4.29. The first kappa shape index (κ1) is 16.9. The molecular formula is C10H24B2O5. The molecule has 7 heteroatoms. The Morgan fingerprint density at radius 2 is 1.76 bits per heavy atom. The van der Waals surface area contributed by atoms with Gasteiger partial charge in [-0.05, 0) is 13.8 Å². The molecule has 0 heterocycles. The average Bonchev–Trinajstić information content (AvgIpc) is 2.30. The molecule has 0 bridgehead atoms. The molecule has 0 aliphatic carbocycles. The van der Waals surface area contributed by atoms with Crippen LogP contribution in [-0.2, 0) is 9.47 Å². The number of ether oxygens (including phenoxy) is 2. The van der Waals surface area contributed by atoms with Gasteiger partial charge in [0.15, 0.2) is 0 Å². The smallest absolute Gasteiger partial charge is 0.109 e. The molecule has 0 aliphatic rings. The number of rotatable bonds is 10. The van der Waals surface area contributed by atoms with E-state index in [-0.39, 0.29) is 19.8 Å². The molecule has 0 aromatic rings. The summed E-state index contributed by atoms with van der Waals surface area (Å²) in [5.41, 5.74) is -0.646. The second-order valence-corrected chi connectivity index (χ2v) is 4.60. The monoisotopic (exact) mass is 246 g/mol. The lowest BCUT2D eigenvalue weighted by Gasteiger charge is -2.35. The van der Waals surface area contributed by atoms with Crippen LogP contribution in [0.15, 0.2) is 0 Å². The van der Waals surface area contributed by atoms with E-state index in [0.717, 1.165) is 13.5 Å². The summed E-state index contributed by atoms with van der Waals surface area (Å²) >= 11 is 0. The molecule has 1 unspecified atom stereocenters. The van der Waals surface area contributed by atoms with Crippen LogP contribution in [0.3, 0.4) is 0 Å². The van der Waals surface area contributed by atoms with Gasteiger partial charge < -0.3 is 24.8 Å². The summed E-state index contributed by atoms with van der Waals surface area (Å²) in [4.78, 5) is 0. The molecule has 17 heavy (non-hydrogen) atoms. The molecule has 0 aromatic heterocycles. The molecule has 0 spiro atoms. The van der Waals surface area contributed by atoms with Crippen molar-refractivity contribution in [1.29, 1.82) is 0 Å². The number of hydrogen-bond donors (Lipinski definition) is 3. The molecular weight excluding hydrogens is 222 g/mol. The van der Waals surface area contributed by atoms with Crippen molar-refractivity contribution in [3.8, 4) is 0 Å². The highest BCUT2D eigenvalue weighted by atomic mass is 16.6. The van der Waals surface area contributed by atoms with Crippen LogP contribution >= 0.6 is 0 Å². The van der Waals surface area contributed by atoms with Crippen molar-refractivity contribution in [1.82, 2.24) is 0 Å². The van der Waals surface area contributed by atoms with Gasteiger partial charge in [-0.15, -0.1) is 0 Å². The molecule has 0 aliphatic heterocycles. The van der Waals surface area contributed by atoms with Gasteiger partial charge in [-0.1, -0.05) is 6.32 Å². The van der Waals surface area contributed by atoms with Crippen molar-refractivity contribution in [2.24, 2.45) is 0 Å². The average molecular weight is 246 g/mol. The lowest BCUT2D eigenvalue weighted by molar-refractivity contribution is -0.172. The van der Waals surface area contributed by atoms with E-state index in [1.807, 2.05) is 13.8 Å². The number of aliphatic hydroxyl groups is 3. The second kappa shape index (κ2) is 8.94. The van der Waals surface area contributed by atoms with Gasteiger partial charge in [0.2, 0.25) is 0 Å². The van der Waals surface area contributed by atoms with Crippen LogP contribution in [0.1, 0.15) is 13.8 Å². The first-order valence-corrected chi connectivity index (χ1v) is 6.13. The molecule has 3 N–H and O–H groups in total. The molecule has 0 radical (unpaired) electrons. The van der Waals surface area contributed by atoms with E-state index in [1.54, 1.807) is 0 Å². The molecule has 0 rings (SSSR count). The van der Waals surface area contributed by atoms with Crippen molar-refractivity contribution in [3.63, 3.8) is 0 Å². The third-order valence-corrected chi connectivity index (χ3v) is 2.68. The normalized spacial score (nSPS) is 14.0. The van der Waals surface area contributed by atoms with Crippen LogP contribution in [0.2, 0.25) is 6.32 Å². The molecule has 0 aromatic carbocycles. The minimum absolute atomic E-state index is 0.213. The Morgan fingerprint density at radius 1 is 1.18 bits per heavy atom. The summed E-state index contributed by atoms with van der Waals surface area (Å²) in [5, 5.41) is 27.2. The van der Waals surface area contributed by atoms with E-state index in [0.29, 0.717) is 6.61 Å². The van der Waals surface area contributed by atoms with Gasteiger partial charge in [-0.3, -0.25) is 0 Å². The van der Waals surface area contributed by atoms with Crippen molar-refractivity contribution in [3.05, 3.63) is 0 Å². The van der Waals surface area contributed by atoms with Gasteiger partial charge >= 0.3 is 0 Å². The minimum atomic E-state index is -0.679. The standard InChI is InChI=1S/C10H24B2O5/c1-10(2,16-4-3-12-11)9(7-15)17-8(5-13)6-14/h8-9,12-15H,3-7,11H2,1-2H3. The maximum absolute atomic E-state index is 9.29. The van der Waals surface area contributed by atoms with Crippen LogP contribution in [0.4, 0.5) is 0 Å². The van der Waals surface area contributed by atoms with E-state index in [4.69, 9.17) is 19.7 Å². The highest BCUT2D eigenvalue weighted by molar-refractivity contribution is 6.89. The number of hydrogen-bond acceptors (Lipinski definition) is 5. The van der Waals surface area contributed by atoms with Gasteiger partial charge in [0, 0.05) is 6.61 Å². The van der Waals surface area contributed by atoms with Crippen molar-refractivity contribution >= 4 is 14.9 Å². The van der Waals surface area contributed by atoms with E-state index >= 15 is 0 Å². The van der Waals surface area contributed by atoms with Crippen molar-refractivity contribution in [2.45, 2.75) is 38.0 Å². The predicted molar refractivity (Wildman–Crippen MR) is 70.4 cm³/mol. The fraction of sp³-hybridized carbons (Fsp3) is 1.00. The zero-order valence-corrected chi connectivity index (χ0v) is 11.1. The zero-order valence-electron chi connectivity index (χ0n) is 11.1. The number of aliphatic hydroxyl groups excluding tert-OH is 3. The molecule has 0 amide bonds. The quantitative estimate of drug-likeness (QED) is 0.304. The van der Waals surface area contributed by atoms with Crippen LogP contribution in [0, 0.1) is 0 Å². The first-order chi connectivity index (χ1) is 8.01. The maximum atomic E-state index is 9.29. The Morgan fingerprint density at radius 3 is 2.18 bits per heavy atom. The van der Waals surface area contributed by atoms with Gasteiger partial charge in [0.1, 0.15) is 12.2 Å². The largest absolute Gasteiger partial charge is 0.394 e. The summed E-state index contributed by atoms with van der Waals surface area (Å²) in [5.74, 6) is 0. The SMILES string of the molecule is BBCCOC(C)(C)C(CO)OC(CO)CO. The topological polar surface area (TPSA) is 79.2 Å². The van der Waals surface area contributed by atoms with Gasteiger partial charge in [0.05, 0.1) is 40.3 Å². The Kier molecular flexibility index (Phi) is 8.90. The van der Waals surface area contributed by atoms with Crippen molar-refractivity contribution < 1.29 is 24.8 Å². The molecule has 0 fully saturated rings. The lowest BCUT2D eigenvalue weighted by Crippen LogP contribution is -2.46. The Hall–Kier alpha value is -0.0701.